The van der Waals surface area contributed by atoms with Gasteiger partial charge in [0.2, 0.25) is 0 Å². The number of fused-ring (bicyclic) bond motifs is 8. The van der Waals surface area contributed by atoms with Gasteiger partial charge in [0.15, 0.2) is 11.6 Å². The van der Waals surface area contributed by atoms with Gasteiger partial charge in [-0.25, -0.2) is 8.78 Å². The highest BCUT2D eigenvalue weighted by molar-refractivity contribution is 7.26. The molecule has 10 rings (SSSR count). The highest BCUT2D eigenvalue weighted by Gasteiger charge is 2.46. The van der Waals surface area contributed by atoms with Crippen LogP contribution in [0.15, 0.2) is 36.4 Å². The molecule has 0 atom stereocenters. The fraction of sp³-hybridized carbons (Fsp3) is 0.696. The van der Waals surface area contributed by atoms with E-state index in [-0.39, 0.29) is 11.1 Å². The molecular weight excluding hydrogens is 1420 g/mol. The number of unbranched alkanes of at least 4 members (excludes halogenated alkanes) is 48. The number of halogens is 2. The van der Waals surface area contributed by atoms with Crippen LogP contribution in [-0.2, 0) is 11.2 Å². The molecule has 0 aliphatic carbocycles. The first-order valence-electron chi connectivity index (χ1n) is 43.9. The van der Waals surface area contributed by atoms with Crippen LogP contribution in [0.5, 0.6) is 11.5 Å². The van der Waals surface area contributed by atoms with Gasteiger partial charge in [0.1, 0.15) is 44.8 Å². The fourth-order valence-corrected chi connectivity index (χ4v) is 23.4. The van der Waals surface area contributed by atoms with Gasteiger partial charge in [-0.3, -0.25) is 0 Å². The molecule has 2 aliphatic rings. The SMILES string of the molecule is CCCCCCCCCCCCCCCC1(CCCCCCCCCCCCCCC)Oc2cc(C)sc2-c2sc(-c3c(F)c(F)c(-c4cc5c(s4)-c4sc(-c6ccc(C)c7nsnc67)cc4OC5(CCCCCCCCCCCCCCC)CCCCCCCCCCCCCCC)c4nsnc34)cc21. The first-order chi connectivity index (χ1) is 52.1. The van der Waals surface area contributed by atoms with E-state index in [1.54, 1.807) is 45.3 Å². The number of benzene rings is 2. The molecule has 6 aromatic heterocycles. The molecule has 8 heterocycles. The normalized spacial score (nSPS) is 13.6. The van der Waals surface area contributed by atoms with Gasteiger partial charge in [0.25, 0.3) is 0 Å². The predicted molar refractivity (Wildman–Crippen MR) is 462 cm³/mol. The molecule has 8 aromatic rings. The van der Waals surface area contributed by atoms with Gasteiger partial charge in [0.05, 0.1) is 54.1 Å². The standard InChI is InChI=1S/C92H136F2N4O2S6/c1-7-11-15-19-23-27-31-35-39-43-47-51-55-61-91(62-56-52-48-44-40-36-32-28-24-20-16-12-8-2)72-66-77(103-87(72)89-74(99-91)65-70(6)101-89)79-81(93)82(94)80(86-85(79)97-106-98-86)78-67-73-88(104-78)90-75(68-76(102-90)71-60-59-69(5)83-84(71)96-105-95-83)100-92(73,63-57-53-49-45-41-37-33-29-25-21-17-13-9-3)64-58-54-50-46-42-38-34-30-26-22-18-14-10-4/h59-60,65-68H,7-58,61-64H2,1-6H3. The summed E-state index contributed by atoms with van der Waals surface area (Å²) in [5.74, 6) is 0.147. The van der Waals surface area contributed by atoms with E-state index in [0.29, 0.717) is 20.8 Å². The van der Waals surface area contributed by atoms with Crippen LogP contribution in [0.2, 0.25) is 0 Å². The highest BCUT2D eigenvalue weighted by Crippen LogP contribution is 2.61. The number of aromatic nitrogens is 4. The summed E-state index contributed by atoms with van der Waals surface area (Å²) in [5, 5.41) is 0. The van der Waals surface area contributed by atoms with Crippen molar-refractivity contribution < 1.29 is 18.3 Å². The molecule has 2 aliphatic heterocycles. The van der Waals surface area contributed by atoms with Crippen molar-refractivity contribution in [3.63, 3.8) is 0 Å². The summed E-state index contributed by atoms with van der Waals surface area (Å²) >= 11 is 9.02. The van der Waals surface area contributed by atoms with Crippen molar-refractivity contribution in [3.8, 4) is 62.3 Å². The number of rotatable bonds is 59. The van der Waals surface area contributed by atoms with Gasteiger partial charge < -0.3 is 9.47 Å². The number of hydrogen-bond donors (Lipinski definition) is 0. The van der Waals surface area contributed by atoms with Crippen molar-refractivity contribution in [1.29, 1.82) is 0 Å². The second-order valence-electron chi connectivity index (χ2n) is 32.5. The Morgan fingerprint density at radius 3 is 0.925 bits per heavy atom. The van der Waals surface area contributed by atoms with Crippen molar-refractivity contribution in [2.45, 2.75) is 412 Å². The van der Waals surface area contributed by atoms with E-state index in [2.05, 4.69) is 77.9 Å². The number of thiophene rings is 4. The quantitative estimate of drug-likeness (QED) is 0.0354. The maximum Gasteiger partial charge on any atom is 0.170 e. The Morgan fingerprint density at radius 2 is 0.585 bits per heavy atom. The van der Waals surface area contributed by atoms with Gasteiger partial charge in [-0.05, 0) is 95.0 Å². The third-order valence-electron chi connectivity index (χ3n) is 23.7. The summed E-state index contributed by atoms with van der Waals surface area (Å²) in [7, 11) is 0. The maximum atomic E-state index is 18.4. The van der Waals surface area contributed by atoms with Crippen LogP contribution in [0.25, 0.3) is 72.9 Å². The lowest BCUT2D eigenvalue weighted by molar-refractivity contribution is 0.0395. The van der Waals surface area contributed by atoms with E-state index in [1.165, 1.54) is 312 Å². The fourth-order valence-electron chi connectivity index (χ4n) is 17.3. The van der Waals surface area contributed by atoms with Crippen molar-refractivity contribution in [2.75, 3.05) is 0 Å². The Kier molecular flexibility index (Phi) is 37.1. The lowest BCUT2D eigenvalue weighted by Gasteiger charge is -2.38. The predicted octanol–water partition coefficient (Wildman–Crippen LogP) is 34.3. The van der Waals surface area contributed by atoms with Crippen molar-refractivity contribution in [1.82, 2.24) is 17.5 Å². The molecule has 14 heteroatoms. The minimum absolute atomic E-state index is 0.215. The monoisotopic (exact) mass is 1560 g/mol. The van der Waals surface area contributed by atoms with Crippen LogP contribution in [0.4, 0.5) is 8.78 Å². The summed E-state index contributed by atoms with van der Waals surface area (Å²) < 4.78 is 71.7. The van der Waals surface area contributed by atoms with E-state index in [1.807, 2.05) is 0 Å². The number of aryl methyl sites for hydroxylation is 2. The largest absolute Gasteiger partial charge is 0.481 e. The Morgan fingerprint density at radius 1 is 0.302 bits per heavy atom. The van der Waals surface area contributed by atoms with Crippen LogP contribution in [0.1, 0.15) is 409 Å². The second-order valence-corrected chi connectivity index (χ2v) is 37.9. The number of nitrogens with zero attached hydrogens (tertiary/aromatic N) is 4. The minimum Gasteiger partial charge on any atom is -0.481 e. The van der Waals surface area contributed by atoms with Crippen LogP contribution in [0.3, 0.4) is 0 Å². The number of hydrogen-bond acceptors (Lipinski definition) is 12. The first-order valence-corrected chi connectivity index (χ1v) is 48.6. The topological polar surface area (TPSA) is 70.0 Å². The average molecular weight is 1560 g/mol. The molecule has 0 saturated carbocycles. The first kappa shape index (κ1) is 84.8. The third-order valence-corrected chi connectivity index (χ3v) is 29.6. The zero-order chi connectivity index (χ0) is 74.0. The zero-order valence-electron chi connectivity index (χ0n) is 66.9. The lowest BCUT2D eigenvalue weighted by Crippen LogP contribution is -2.35. The van der Waals surface area contributed by atoms with E-state index in [0.717, 1.165) is 145 Å². The molecule has 0 bridgehead atoms. The van der Waals surface area contributed by atoms with E-state index < -0.39 is 22.8 Å². The Hall–Kier alpha value is -3.66. The van der Waals surface area contributed by atoms with Gasteiger partial charge >= 0.3 is 0 Å². The molecule has 106 heavy (non-hydrogen) atoms. The molecule has 0 unspecified atom stereocenters. The highest BCUT2D eigenvalue weighted by atomic mass is 32.1. The van der Waals surface area contributed by atoms with Crippen LogP contribution >= 0.6 is 68.8 Å². The lowest BCUT2D eigenvalue weighted by atomic mass is 9.81. The average Bonchev–Trinajstić information content (AvgIpc) is 1.56. The maximum absolute atomic E-state index is 18.4. The summed E-state index contributed by atoms with van der Waals surface area (Å²) in [6.45, 7) is 13.5. The molecule has 2 aromatic carbocycles. The molecule has 0 fully saturated rings. The summed E-state index contributed by atoms with van der Waals surface area (Å²) in [5.41, 5.74) is 6.38. The molecular formula is C92H136F2N4O2S6. The number of ether oxygens (including phenoxy) is 2. The zero-order valence-corrected chi connectivity index (χ0v) is 71.8. The Balaban J connectivity index is 0.937. The Bertz CT molecular complexity index is 3730. The molecule has 0 N–H and O–H groups in total. The van der Waals surface area contributed by atoms with Crippen molar-refractivity contribution in [3.05, 3.63) is 69.6 Å². The molecule has 0 spiro atoms. The second kappa shape index (κ2) is 46.4. The van der Waals surface area contributed by atoms with Crippen molar-refractivity contribution >= 4 is 90.9 Å². The van der Waals surface area contributed by atoms with Crippen LogP contribution in [-0.4, -0.2) is 17.5 Å². The van der Waals surface area contributed by atoms with Gasteiger partial charge in [-0.1, -0.05) is 348 Å². The van der Waals surface area contributed by atoms with Gasteiger partial charge in [-0.15, -0.1) is 45.3 Å². The molecule has 0 radical (unpaired) electrons. The van der Waals surface area contributed by atoms with E-state index in [4.69, 9.17) is 27.0 Å². The minimum atomic E-state index is -0.848. The van der Waals surface area contributed by atoms with E-state index in [9.17, 15) is 0 Å². The van der Waals surface area contributed by atoms with Crippen LogP contribution in [0, 0.1) is 25.5 Å². The molecule has 6 nitrogen and oxygen atoms in total. The Labute approximate surface area is 665 Å². The van der Waals surface area contributed by atoms with Crippen molar-refractivity contribution in [2.24, 2.45) is 0 Å². The summed E-state index contributed by atoms with van der Waals surface area (Å²) in [6.07, 6.45) is 71.1. The summed E-state index contributed by atoms with van der Waals surface area (Å²) in [4.78, 5) is 8.09. The van der Waals surface area contributed by atoms with Crippen LogP contribution < -0.4 is 9.47 Å². The smallest absolute Gasteiger partial charge is 0.170 e. The third kappa shape index (κ3) is 23.9. The molecule has 0 amide bonds. The molecule has 586 valence electrons. The summed E-state index contributed by atoms with van der Waals surface area (Å²) in [6, 6.07) is 13.3. The molecule has 0 saturated heterocycles. The van der Waals surface area contributed by atoms with Gasteiger partial charge in [-0.2, -0.15) is 17.5 Å². The van der Waals surface area contributed by atoms with E-state index >= 15 is 8.78 Å². The van der Waals surface area contributed by atoms with Gasteiger partial charge in [0, 0.05) is 36.2 Å².